The maximum absolute atomic E-state index is 14.4. The molecule has 2 aromatic carbocycles. The summed E-state index contributed by atoms with van der Waals surface area (Å²) in [5.74, 6) is 0.736. The van der Waals surface area contributed by atoms with Crippen LogP contribution in [-0.2, 0) is 0 Å². The lowest BCUT2D eigenvalue weighted by molar-refractivity contribution is 0.145. The quantitative estimate of drug-likeness (QED) is 0.269. The molecule has 33 heavy (non-hydrogen) atoms. The van der Waals surface area contributed by atoms with Crippen molar-refractivity contribution in [3.05, 3.63) is 65.7 Å². The Morgan fingerprint density at radius 3 is 2.03 bits per heavy atom. The second kappa shape index (κ2) is 11.8. The Morgan fingerprint density at radius 1 is 0.758 bits per heavy atom. The molecule has 2 saturated carbocycles. The topological polar surface area (TPSA) is 0 Å². The van der Waals surface area contributed by atoms with Gasteiger partial charge in [0, 0.05) is 4.90 Å². The summed E-state index contributed by atoms with van der Waals surface area (Å²) in [4.78, 5) is 0.771. The van der Waals surface area contributed by atoms with Gasteiger partial charge in [-0.25, -0.2) is 17.6 Å². The zero-order valence-corrected chi connectivity index (χ0v) is 19.9. The fraction of sp³-hybridized carbons (Fsp3) is 0.571. The van der Waals surface area contributed by atoms with Crippen molar-refractivity contribution in [2.45, 2.75) is 86.7 Å². The Kier molecular flexibility index (Phi) is 8.78. The van der Waals surface area contributed by atoms with Crippen molar-refractivity contribution in [1.82, 2.24) is 0 Å². The highest BCUT2D eigenvalue weighted by Crippen LogP contribution is 2.45. The van der Waals surface area contributed by atoms with Gasteiger partial charge in [0.2, 0.25) is 0 Å². The molecule has 2 aliphatic rings. The van der Waals surface area contributed by atoms with Gasteiger partial charge in [-0.05, 0) is 105 Å². The first kappa shape index (κ1) is 24.6. The van der Waals surface area contributed by atoms with Gasteiger partial charge in [-0.15, -0.1) is 0 Å². The van der Waals surface area contributed by atoms with Crippen molar-refractivity contribution < 1.29 is 17.6 Å². The average molecular weight is 479 g/mol. The van der Waals surface area contributed by atoms with Crippen LogP contribution in [0.5, 0.6) is 0 Å². The highest BCUT2D eigenvalue weighted by atomic mass is 32.2. The molecule has 0 heterocycles. The zero-order chi connectivity index (χ0) is 23.2. The van der Waals surface area contributed by atoms with Gasteiger partial charge in [0.25, 0.3) is 0 Å². The smallest absolute Gasteiger partial charge is 0.181 e. The third-order valence-corrected chi connectivity index (χ3v) is 8.94. The minimum absolute atomic E-state index is 0.301. The first-order valence-corrected chi connectivity index (χ1v) is 13.3. The number of thioether (sulfide) groups is 1. The SMILES string of the molecule is Fc1ccc(C2CCC(C3CCC(CC[C@@H](F)[C@H](F)Sc4ccccc4)CC3)CC2)cc1F. The van der Waals surface area contributed by atoms with E-state index in [1.54, 1.807) is 6.07 Å². The van der Waals surface area contributed by atoms with Gasteiger partial charge >= 0.3 is 0 Å². The summed E-state index contributed by atoms with van der Waals surface area (Å²) in [5, 5.41) is 0. The third-order valence-electron chi connectivity index (χ3n) is 7.87. The van der Waals surface area contributed by atoms with Crippen LogP contribution in [-0.4, -0.2) is 11.7 Å². The second-order valence-electron chi connectivity index (χ2n) is 9.94. The summed E-state index contributed by atoms with van der Waals surface area (Å²) < 4.78 is 55.5. The van der Waals surface area contributed by atoms with Crippen LogP contribution < -0.4 is 0 Å². The molecule has 180 valence electrons. The van der Waals surface area contributed by atoms with Crippen molar-refractivity contribution in [2.75, 3.05) is 0 Å². The van der Waals surface area contributed by atoms with Gasteiger partial charge in [-0.2, -0.15) is 0 Å². The summed E-state index contributed by atoms with van der Waals surface area (Å²) >= 11 is 0.976. The third kappa shape index (κ3) is 6.77. The van der Waals surface area contributed by atoms with Crippen LogP contribution in [0.25, 0.3) is 0 Å². The lowest BCUT2D eigenvalue weighted by atomic mass is 9.68. The van der Waals surface area contributed by atoms with Gasteiger partial charge in [0.05, 0.1) is 0 Å². The molecule has 0 unspecified atom stereocenters. The van der Waals surface area contributed by atoms with E-state index in [2.05, 4.69) is 0 Å². The molecule has 0 spiro atoms. The summed E-state index contributed by atoms with van der Waals surface area (Å²) in [5.41, 5.74) is -0.582. The van der Waals surface area contributed by atoms with E-state index < -0.39 is 23.3 Å². The van der Waals surface area contributed by atoms with Crippen molar-refractivity contribution in [3.63, 3.8) is 0 Å². The molecule has 0 amide bonds. The predicted molar refractivity (Wildman–Crippen MR) is 128 cm³/mol. The van der Waals surface area contributed by atoms with Crippen molar-refractivity contribution in [2.24, 2.45) is 17.8 Å². The number of rotatable bonds is 8. The zero-order valence-electron chi connectivity index (χ0n) is 19.1. The number of hydrogen-bond acceptors (Lipinski definition) is 1. The van der Waals surface area contributed by atoms with E-state index in [0.717, 1.165) is 73.1 Å². The normalized spacial score (nSPS) is 27.8. The van der Waals surface area contributed by atoms with Gasteiger partial charge in [-0.3, -0.25) is 0 Å². The molecule has 0 N–H and O–H groups in total. The van der Waals surface area contributed by atoms with E-state index in [9.17, 15) is 17.6 Å². The highest BCUT2D eigenvalue weighted by molar-refractivity contribution is 7.99. The fourth-order valence-electron chi connectivity index (χ4n) is 5.87. The van der Waals surface area contributed by atoms with Gasteiger partial charge in [-0.1, -0.05) is 48.9 Å². The first-order chi connectivity index (χ1) is 16.0. The van der Waals surface area contributed by atoms with E-state index in [-0.39, 0.29) is 0 Å². The Morgan fingerprint density at radius 2 is 1.39 bits per heavy atom. The van der Waals surface area contributed by atoms with Crippen LogP contribution in [0.4, 0.5) is 17.6 Å². The van der Waals surface area contributed by atoms with Gasteiger partial charge in [0.15, 0.2) is 17.1 Å². The largest absolute Gasteiger partial charge is 0.243 e. The molecule has 0 saturated heterocycles. The Labute approximate surface area is 199 Å². The van der Waals surface area contributed by atoms with E-state index >= 15 is 0 Å². The number of hydrogen-bond donors (Lipinski definition) is 0. The molecule has 0 nitrogen and oxygen atoms in total. The Bertz CT molecular complexity index is 857. The molecule has 5 heteroatoms. The molecule has 2 aromatic rings. The first-order valence-electron chi connectivity index (χ1n) is 12.4. The van der Waals surface area contributed by atoms with Crippen LogP contribution in [0.3, 0.4) is 0 Å². The maximum atomic E-state index is 14.4. The molecule has 2 aliphatic carbocycles. The van der Waals surface area contributed by atoms with Crippen LogP contribution in [0.2, 0.25) is 0 Å². The lowest BCUT2D eigenvalue weighted by Crippen LogP contribution is -2.26. The average Bonchev–Trinajstić information content (AvgIpc) is 2.85. The summed E-state index contributed by atoms with van der Waals surface area (Å²) in [6.07, 6.45) is 8.61. The second-order valence-corrected chi connectivity index (χ2v) is 11.1. The standard InChI is InChI=1S/C28H34F4S/c29-25-17-15-23(18-27(25)31)22-13-11-21(12-14-22)20-9-6-19(7-10-20)8-16-26(30)28(32)33-24-4-2-1-3-5-24/h1-5,15,17-22,26,28H,6-14,16H2/t19?,20?,21?,22?,26-,28-/m1/s1. The molecule has 4 rings (SSSR count). The number of benzene rings is 2. The van der Waals surface area contributed by atoms with Crippen LogP contribution in [0.15, 0.2) is 53.4 Å². The maximum Gasteiger partial charge on any atom is 0.181 e. The van der Waals surface area contributed by atoms with E-state index in [0.29, 0.717) is 24.2 Å². The van der Waals surface area contributed by atoms with Gasteiger partial charge in [0.1, 0.15) is 6.17 Å². The monoisotopic (exact) mass is 478 g/mol. The minimum atomic E-state index is -1.51. The van der Waals surface area contributed by atoms with E-state index in [1.807, 2.05) is 30.3 Å². The predicted octanol–water partition coefficient (Wildman–Crippen LogP) is 9.25. The lowest BCUT2D eigenvalue weighted by Gasteiger charge is -2.38. The van der Waals surface area contributed by atoms with Crippen molar-refractivity contribution in [3.8, 4) is 0 Å². The summed E-state index contributed by atoms with van der Waals surface area (Å²) in [7, 11) is 0. The summed E-state index contributed by atoms with van der Waals surface area (Å²) in [6, 6.07) is 13.5. The Balaban J connectivity index is 1.15. The molecule has 0 aromatic heterocycles. The molecular weight excluding hydrogens is 444 g/mol. The fourth-order valence-corrected chi connectivity index (χ4v) is 6.73. The highest BCUT2D eigenvalue weighted by Gasteiger charge is 2.32. The number of halogens is 4. The Hall–Kier alpha value is -1.49. The molecule has 0 aliphatic heterocycles. The number of alkyl halides is 2. The van der Waals surface area contributed by atoms with Crippen LogP contribution in [0.1, 0.15) is 75.7 Å². The van der Waals surface area contributed by atoms with E-state index in [4.69, 9.17) is 0 Å². The molecule has 2 atom stereocenters. The molecular formula is C28H34F4S. The van der Waals surface area contributed by atoms with E-state index in [1.165, 1.54) is 25.0 Å². The van der Waals surface area contributed by atoms with Crippen molar-refractivity contribution in [1.29, 1.82) is 0 Å². The molecule has 0 bridgehead atoms. The molecule has 0 radical (unpaired) electrons. The summed E-state index contributed by atoms with van der Waals surface area (Å²) in [6.45, 7) is 0. The van der Waals surface area contributed by atoms with Crippen molar-refractivity contribution >= 4 is 11.8 Å². The van der Waals surface area contributed by atoms with Crippen LogP contribution >= 0.6 is 11.8 Å². The van der Waals surface area contributed by atoms with Gasteiger partial charge < -0.3 is 0 Å². The van der Waals surface area contributed by atoms with Crippen LogP contribution in [0, 0.1) is 29.4 Å². The minimum Gasteiger partial charge on any atom is -0.243 e. The molecule has 2 fully saturated rings.